The molecule has 0 saturated carbocycles. The third-order valence-electron chi connectivity index (χ3n) is 2.59. The zero-order valence-corrected chi connectivity index (χ0v) is 12.0. The highest BCUT2D eigenvalue weighted by Gasteiger charge is 2.06. The van der Waals surface area contributed by atoms with Crippen LogP contribution >= 0.6 is 0 Å². The van der Waals surface area contributed by atoms with Gasteiger partial charge in [-0.2, -0.15) is 0 Å². The lowest BCUT2D eigenvalue weighted by Gasteiger charge is -2.14. The average Bonchev–Trinajstić information content (AvgIpc) is 2.37. The van der Waals surface area contributed by atoms with Crippen molar-refractivity contribution >= 4 is 0 Å². The van der Waals surface area contributed by atoms with E-state index in [-0.39, 0.29) is 0 Å². The minimum Gasteiger partial charge on any atom is -0.497 e. The Labute approximate surface area is 110 Å². The minimum absolute atomic E-state index is 0.521. The summed E-state index contributed by atoms with van der Waals surface area (Å²) in [6, 6.07) is 6.01. The highest BCUT2D eigenvalue weighted by molar-refractivity contribution is 5.40. The van der Waals surface area contributed by atoms with Crippen molar-refractivity contribution in [3.05, 3.63) is 23.8 Å². The van der Waals surface area contributed by atoms with Gasteiger partial charge in [0.25, 0.3) is 0 Å². The van der Waals surface area contributed by atoms with Crippen molar-refractivity contribution in [3.8, 4) is 11.5 Å². The van der Waals surface area contributed by atoms with Crippen molar-refractivity contribution in [2.45, 2.75) is 33.7 Å². The number of methoxy groups -OCH3 is 1. The molecular weight excluding hydrogens is 226 g/mol. The first-order valence-corrected chi connectivity index (χ1v) is 6.67. The first kappa shape index (κ1) is 14.8. The molecule has 0 unspecified atom stereocenters. The molecule has 0 fully saturated rings. The smallest absolute Gasteiger partial charge is 0.127 e. The molecule has 1 N–H and O–H groups in total. The Hall–Kier alpha value is -1.22. The number of nitrogens with one attached hydrogen (secondary N) is 1. The van der Waals surface area contributed by atoms with E-state index in [9.17, 15) is 0 Å². The Morgan fingerprint density at radius 3 is 2.67 bits per heavy atom. The van der Waals surface area contributed by atoms with Crippen LogP contribution in [0.3, 0.4) is 0 Å². The van der Waals surface area contributed by atoms with E-state index in [1.807, 2.05) is 12.1 Å². The third kappa shape index (κ3) is 4.96. The van der Waals surface area contributed by atoms with Crippen LogP contribution in [0.1, 0.15) is 32.8 Å². The molecule has 0 radical (unpaired) electrons. The van der Waals surface area contributed by atoms with Crippen LogP contribution in [-0.4, -0.2) is 20.3 Å². The standard InChI is InChI=1S/C15H25NO2/c1-5-8-16-10-13-6-7-14(17-4)9-15(13)18-11-12(2)3/h6-7,9,12,16H,5,8,10-11H2,1-4H3. The van der Waals surface area contributed by atoms with Crippen LogP contribution in [0.25, 0.3) is 0 Å². The predicted molar refractivity (Wildman–Crippen MR) is 75.3 cm³/mol. The molecule has 0 saturated heterocycles. The molecule has 0 atom stereocenters. The van der Waals surface area contributed by atoms with Gasteiger partial charge in [0.05, 0.1) is 13.7 Å². The van der Waals surface area contributed by atoms with Gasteiger partial charge in [0.15, 0.2) is 0 Å². The van der Waals surface area contributed by atoms with Crippen LogP contribution in [0.15, 0.2) is 18.2 Å². The topological polar surface area (TPSA) is 30.5 Å². The van der Waals surface area contributed by atoms with E-state index in [0.717, 1.165) is 37.6 Å². The fourth-order valence-electron chi connectivity index (χ4n) is 1.60. The van der Waals surface area contributed by atoms with Gasteiger partial charge in [-0.05, 0) is 24.9 Å². The SMILES string of the molecule is CCCNCc1ccc(OC)cc1OCC(C)C. The normalized spacial score (nSPS) is 10.7. The summed E-state index contributed by atoms with van der Waals surface area (Å²) >= 11 is 0. The molecular formula is C15H25NO2. The van der Waals surface area contributed by atoms with Crippen LogP contribution in [-0.2, 0) is 6.54 Å². The summed E-state index contributed by atoms with van der Waals surface area (Å²) < 4.78 is 11.1. The Kier molecular flexibility index (Phi) is 6.58. The summed E-state index contributed by atoms with van der Waals surface area (Å²) in [5.74, 6) is 2.28. The molecule has 0 amide bonds. The van der Waals surface area contributed by atoms with E-state index >= 15 is 0 Å². The largest absolute Gasteiger partial charge is 0.497 e. The molecule has 18 heavy (non-hydrogen) atoms. The quantitative estimate of drug-likeness (QED) is 0.720. The molecule has 0 aliphatic rings. The van der Waals surface area contributed by atoms with Gasteiger partial charge < -0.3 is 14.8 Å². The van der Waals surface area contributed by atoms with Gasteiger partial charge in [-0.3, -0.25) is 0 Å². The monoisotopic (exact) mass is 251 g/mol. The third-order valence-corrected chi connectivity index (χ3v) is 2.59. The summed E-state index contributed by atoms with van der Waals surface area (Å²) in [5, 5.41) is 3.40. The lowest BCUT2D eigenvalue weighted by Crippen LogP contribution is -2.15. The highest BCUT2D eigenvalue weighted by atomic mass is 16.5. The van der Waals surface area contributed by atoms with Crippen molar-refractivity contribution in [1.82, 2.24) is 5.32 Å². The summed E-state index contributed by atoms with van der Waals surface area (Å²) in [6.07, 6.45) is 1.14. The van der Waals surface area contributed by atoms with E-state index in [2.05, 4.69) is 32.2 Å². The van der Waals surface area contributed by atoms with Gasteiger partial charge in [0.1, 0.15) is 11.5 Å². The fraction of sp³-hybridized carbons (Fsp3) is 0.600. The zero-order valence-electron chi connectivity index (χ0n) is 12.0. The Morgan fingerprint density at radius 1 is 1.28 bits per heavy atom. The van der Waals surface area contributed by atoms with E-state index in [0.29, 0.717) is 5.92 Å². The summed E-state index contributed by atoms with van der Waals surface area (Å²) in [4.78, 5) is 0. The van der Waals surface area contributed by atoms with Crippen LogP contribution < -0.4 is 14.8 Å². The lowest BCUT2D eigenvalue weighted by atomic mass is 10.2. The first-order chi connectivity index (χ1) is 8.67. The van der Waals surface area contributed by atoms with Gasteiger partial charge in [0.2, 0.25) is 0 Å². The molecule has 0 bridgehead atoms. The maximum atomic E-state index is 5.85. The molecule has 0 aromatic heterocycles. The number of ether oxygens (including phenoxy) is 2. The molecule has 0 aliphatic carbocycles. The zero-order chi connectivity index (χ0) is 13.4. The second kappa shape index (κ2) is 7.98. The van der Waals surface area contributed by atoms with Crippen LogP contribution in [0.5, 0.6) is 11.5 Å². The van der Waals surface area contributed by atoms with Gasteiger partial charge in [-0.15, -0.1) is 0 Å². The molecule has 0 heterocycles. The second-order valence-electron chi connectivity index (χ2n) is 4.86. The predicted octanol–water partition coefficient (Wildman–Crippen LogP) is 3.23. The first-order valence-electron chi connectivity index (χ1n) is 6.67. The number of hydrogen-bond donors (Lipinski definition) is 1. The number of rotatable bonds is 8. The van der Waals surface area contributed by atoms with Crippen molar-refractivity contribution < 1.29 is 9.47 Å². The van der Waals surface area contributed by atoms with Crippen LogP contribution in [0.2, 0.25) is 0 Å². The fourth-order valence-corrected chi connectivity index (χ4v) is 1.60. The van der Waals surface area contributed by atoms with Crippen LogP contribution in [0.4, 0.5) is 0 Å². The van der Waals surface area contributed by atoms with Crippen molar-refractivity contribution in [2.75, 3.05) is 20.3 Å². The Bertz CT molecular complexity index is 350. The minimum atomic E-state index is 0.521. The Balaban J connectivity index is 2.72. The van der Waals surface area contributed by atoms with Crippen molar-refractivity contribution in [1.29, 1.82) is 0 Å². The number of benzene rings is 1. The molecule has 3 heteroatoms. The van der Waals surface area contributed by atoms with Gasteiger partial charge in [-0.25, -0.2) is 0 Å². The lowest BCUT2D eigenvalue weighted by molar-refractivity contribution is 0.266. The maximum absolute atomic E-state index is 5.85. The molecule has 102 valence electrons. The summed E-state index contributed by atoms with van der Waals surface area (Å²) in [6.45, 7) is 9.05. The summed E-state index contributed by atoms with van der Waals surface area (Å²) in [5.41, 5.74) is 1.19. The summed E-state index contributed by atoms with van der Waals surface area (Å²) in [7, 11) is 1.68. The van der Waals surface area contributed by atoms with Crippen molar-refractivity contribution in [2.24, 2.45) is 5.92 Å². The van der Waals surface area contributed by atoms with Crippen molar-refractivity contribution in [3.63, 3.8) is 0 Å². The molecule has 0 aliphatic heterocycles. The van der Waals surface area contributed by atoms with Gasteiger partial charge in [0, 0.05) is 18.2 Å². The molecule has 1 rings (SSSR count). The van der Waals surface area contributed by atoms with E-state index in [1.54, 1.807) is 7.11 Å². The molecule has 0 spiro atoms. The second-order valence-corrected chi connectivity index (χ2v) is 4.86. The van der Waals surface area contributed by atoms with E-state index < -0.39 is 0 Å². The molecule has 1 aromatic carbocycles. The number of hydrogen-bond acceptors (Lipinski definition) is 3. The molecule has 3 nitrogen and oxygen atoms in total. The van der Waals surface area contributed by atoms with Gasteiger partial charge >= 0.3 is 0 Å². The maximum Gasteiger partial charge on any atom is 0.127 e. The highest BCUT2D eigenvalue weighted by Crippen LogP contribution is 2.25. The van der Waals surface area contributed by atoms with Gasteiger partial charge in [-0.1, -0.05) is 26.8 Å². The van der Waals surface area contributed by atoms with E-state index in [4.69, 9.17) is 9.47 Å². The van der Waals surface area contributed by atoms with E-state index in [1.165, 1.54) is 5.56 Å². The van der Waals surface area contributed by atoms with Crippen LogP contribution in [0, 0.1) is 5.92 Å². The Morgan fingerprint density at radius 2 is 2.06 bits per heavy atom. The average molecular weight is 251 g/mol. The molecule has 1 aromatic rings.